The second-order valence-corrected chi connectivity index (χ2v) is 7.60. The quantitative estimate of drug-likeness (QED) is 0.660. The molecule has 2 aromatic heterocycles. The highest BCUT2D eigenvalue weighted by atomic mass is 32.2. The minimum absolute atomic E-state index is 0.00343. The van der Waals surface area contributed by atoms with Crippen molar-refractivity contribution in [2.24, 2.45) is 0 Å². The van der Waals surface area contributed by atoms with Crippen LogP contribution in [-0.2, 0) is 9.84 Å². The molecular formula is C16H17N5O3S. The summed E-state index contributed by atoms with van der Waals surface area (Å²) in [4.78, 5) is 16.2. The predicted molar refractivity (Wildman–Crippen MR) is 94.0 cm³/mol. The number of sulfone groups is 1. The van der Waals surface area contributed by atoms with E-state index in [4.69, 9.17) is 0 Å². The number of urea groups is 1. The number of anilines is 1. The van der Waals surface area contributed by atoms with Gasteiger partial charge in [-0.3, -0.25) is 10.4 Å². The van der Waals surface area contributed by atoms with Gasteiger partial charge in [-0.1, -0.05) is 30.3 Å². The second kappa shape index (κ2) is 6.52. The molecule has 3 rings (SSSR count). The van der Waals surface area contributed by atoms with Gasteiger partial charge < -0.3 is 5.32 Å². The topological polar surface area (TPSA) is 117 Å². The first-order valence-corrected chi connectivity index (χ1v) is 9.40. The summed E-state index contributed by atoms with van der Waals surface area (Å²) in [5, 5.41) is 12.2. The fourth-order valence-electron chi connectivity index (χ4n) is 2.41. The lowest BCUT2D eigenvalue weighted by atomic mass is 10.1. The molecular weight excluding hydrogens is 342 g/mol. The SMILES string of the molecule is C[C@@H](NC(=O)Nc1cc2n[nH]c(S(C)(=O)=O)c2cn1)c1ccccc1. The van der Waals surface area contributed by atoms with Crippen molar-refractivity contribution in [3.05, 3.63) is 48.2 Å². The van der Waals surface area contributed by atoms with Crippen LogP contribution < -0.4 is 10.6 Å². The summed E-state index contributed by atoms with van der Waals surface area (Å²) in [6.45, 7) is 1.87. The molecule has 0 saturated heterocycles. The van der Waals surface area contributed by atoms with Crippen LogP contribution in [0.2, 0.25) is 0 Å². The van der Waals surface area contributed by atoms with Crippen LogP contribution in [0.15, 0.2) is 47.6 Å². The number of rotatable bonds is 4. The highest BCUT2D eigenvalue weighted by Crippen LogP contribution is 2.21. The van der Waals surface area contributed by atoms with E-state index in [-0.39, 0.29) is 16.9 Å². The molecule has 0 aliphatic heterocycles. The normalized spacial score (nSPS) is 12.7. The van der Waals surface area contributed by atoms with Gasteiger partial charge in [0.15, 0.2) is 14.9 Å². The van der Waals surface area contributed by atoms with Crippen molar-refractivity contribution in [1.29, 1.82) is 0 Å². The van der Waals surface area contributed by atoms with E-state index in [9.17, 15) is 13.2 Å². The number of nitrogens with zero attached hydrogens (tertiary/aromatic N) is 2. The molecule has 3 aromatic rings. The molecule has 0 bridgehead atoms. The number of fused-ring (bicyclic) bond motifs is 1. The highest BCUT2D eigenvalue weighted by Gasteiger charge is 2.16. The lowest BCUT2D eigenvalue weighted by Gasteiger charge is -2.14. The number of hydrogen-bond donors (Lipinski definition) is 3. The third kappa shape index (κ3) is 3.77. The van der Waals surface area contributed by atoms with Crippen molar-refractivity contribution >= 4 is 32.6 Å². The molecule has 0 radical (unpaired) electrons. The van der Waals surface area contributed by atoms with Gasteiger partial charge in [-0.05, 0) is 12.5 Å². The first-order valence-electron chi connectivity index (χ1n) is 7.51. The van der Waals surface area contributed by atoms with Crippen LogP contribution in [0.5, 0.6) is 0 Å². The number of benzene rings is 1. The van der Waals surface area contributed by atoms with Crippen molar-refractivity contribution in [2.75, 3.05) is 11.6 Å². The van der Waals surface area contributed by atoms with Gasteiger partial charge in [-0.2, -0.15) is 5.10 Å². The molecule has 3 N–H and O–H groups in total. The Morgan fingerprint density at radius 2 is 1.96 bits per heavy atom. The lowest BCUT2D eigenvalue weighted by molar-refractivity contribution is 0.249. The summed E-state index contributed by atoms with van der Waals surface area (Å²) in [7, 11) is -3.43. The predicted octanol–water partition coefficient (Wildman–Crippen LogP) is 2.24. The van der Waals surface area contributed by atoms with Crippen molar-refractivity contribution in [3.8, 4) is 0 Å². The van der Waals surface area contributed by atoms with Gasteiger partial charge >= 0.3 is 6.03 Å². The highest BCUT2D eigenvalue weighted by molar-refractivity contribution is 7.90. The average molecular weight is 359 g/mol. The Morgan fingerprint density at radius 1 is 1.24 bits per heavy atom. The summed E-state index contributed by atoms with van der Waals surface area (Å²) >= 11 is 0. The summed E-state index contributed by atoms with van der Waals surface area (Å²) in [6.07, 6.45) is 2.45. The molecule has 8 nitrogen and oxygen atoms in total. The second-order valence-electron chi connectivity index (χ2n) is 5.64. The van der Waals surface area contributed by atoms with Crippen molar-refractivity contribution in [2.45, 2.75) is 18.0 Å². The van der Waals surface area contributed by atoms with Crippen LogP contribution in [0, 0.1) is 0 Å². The van der Waals surface area contributed by atoms with Crippen LogP contribution in [0.3, 0.4) is 0 Å². The number of aromatic nitrogens is 3. The zero-order valence-electron chi connectivity index (χ0n) is 13.6. The Bertz CT molecular complexity index is 1010. The van der Waals surface area contributed by atoms with Crippen LogP contribution in [0.4, 0.5) is 10.6 Å². The zero-order chi connectivity index (χ0) is 18.0. The van der Waals surface area contributed by atoms with Crippen LogP contribution in [-0.4, -0.2) is 35.9 Å². The Hall–Kier alpha value is -2.94. The molecule has 1 aromatic carbocycles. The van der Waals surface area contributed by atoms with E-state index in [0.717, 1.165) is 11.8 Å². The number of nitrogens with one attached hydrogen (secondary N) is 3. The molecule has 2 amide bonds. The third-order valence-electron chi connectivity index (χ3n) is 3.66. The molecule has 0 aliphatic carbocycles. The minimum Gasteiger partial charge on any atom is -0.331 e. The Kier molecular flexibility index (Phi) is 4.41. The molecule has 9 heteroatoms. The molecule has 0 fully saturated rings. The van der Waals surface area contributed by atoms with Crippen molar-refractivity contribution < 1.29 is 13.2 Å². The van der Waals surface area contributed by atoms with E-state index in [1.165, 1.54) is 12.3 Å². The first kappa shape index (κ1) is 16.9. The van der Waals surface area contributed by atoms with E-state index in [1.54, 1.807) is 0 Å². The summed E-state index contributed by atoms with van der Waals surface area (Å²) in [5.74, 6) is 0.275. The van der Waals surface area contributed by atoms with E-state index >= 15 is 0 Å². The van der Waals surface area contributed by atoms with Gasteiger partial charge in [0, 0.05) is 18.5 Å². The third-order valence-corrected chi connectivity index (χ3v) is 4.72. The number of H-pyrrole nitrogens is 1. The monoisotopic (exact) mass is 359 g/mol. The van der Waals surface area contributed by atoms with Gasteiger partial charge in [0.05, 0.1) is 16.9 Å². The lowest BCUT2D eigenvalue weighted by Crippen LogP contribution is -2.31. The van der Waals surface area contributed by atoms with Crippen molar-refractivity contribution in [3.63, 3.8) is 0 Å². The Labute approximate surface area is 144 Å². The van der Waals surface area contributed by atoms with Gasteiger partial charge in [0.2, 0.25) is 0 Å². The van der Waals surface area contributed by atoms with E-state index < -0.39 is 15.9 Å². The Morgan fingerprint density at radius 3 is 2.64 bits per heavy atom. The summed E-state index contributed by atoms with van der Waals surface area (Å²) in [5.41, 5.74) is 1.38. The van der Waals surface area contributed by atoms with Crippen LogP contribution in [0.1, 0.15) is 18.5 Å². The number of aromatic amines is 1. The maximum atomic E-state index is 12.1. The Balaban J connectivity index is 1.73. The maximum Gasteiger partial charge on any atom is 0.320 e. The number of pyridine rings is 1. The van der Waals surface area contributed by atoms with Crippen LogP contribution in [0.25, 0.3) is 10.9 Å². The molecule has 25 heavy (non-hydrogen) atoms. The largest absolute Gasteiger partial charge is 0.331 e. The zero-order valence-corrected chi connectivity index (χ0v) is 14.5. The fourth-order valence-corrected chi connectivity index (χ4v) is 3.18. The average Bonchev–Trinajstić information content (AvgIpc) is 2.99. The molecule has 0 aliphatic rings. The van der Waals surface area contributed by atoms with E-state index in [1.807, 2.05) is 37.3 Å². The number of carbonyl (C=O) groups is 1. The van der Waals surface area contributed by atoms with E-state index in [0.29, 0.717) is 10.9 Å². The molecule has 2 heterocycles. The smallest absolute Gasteiger partial charge is 0.320 e. The summed E-state index contributed by atoms with van der Waals surface area (Å²) < 4.78 is 23.3. The van der Waals surface area contributed by atoms with Gasteiger partial charge in [0.1, 0.15) is 5.82 Å². The number of hydrogen-bond acceptors (Lipinski definition) is 5. The molecule has 0 unspecified atom stereocenters. The fraction of sp³-hybridized carbons (Fsp3) is 0.188. The van der Waals surface area contributed by atoms with E-state index in [2.05, 4.69) is 25.8 Å². The molecule has 1 atom stereocenters. The summed E-state index contributed by atoms with van der Waals surface area (Å²) in [6, 6.07) is 10.5. The van der Waals surface area contributed by atoms with Gasteiger partial charge in [-0.15, -0.1) is 0 Å². The minimum atomic E-state index is -3.43. The molecule has 0 spiro atoms. The first-order chi connectivity index (χ1) is 11.8. The standard InChI is InChI=1S/C16H17N5O3S/c1-10(11-6-4-3-5-7-11)18-16(22)19-14-8-13-12(9-17-14)15(21-20-13)25(2,23)24/h3-10H,1-2H3,(H,20,21)(H2,17,18,19,22)/t10-/m1/s1. The van der Waals surface area contributed by atoms with Crippen molar-refractivity contribution in [1.82, 2.24) is 20.5 Å². The molecule has 0 saturated carbocycles. The molecule has 130 valence electrons. The van der Waals surface area contributed by atoms with Gasteiger partial charge in [0.25, 0.3) is 0 Å². The maximum absolute atomic E-state index is 12.1. The van der Waals surface area contributed by atoms with Crippen LogP contribution >= 0.6 is 0 Å². The van der Waals surface area contributed by atoms with Gasteiger partial charge in [-0.25, -0.2) is 18.2 Å². The number of carbonyl (C=O) groups excluding carboxylic acids is 1. The number of amides is 2.